The van der Waals surface area contributed by atoms with Crippen LogP contribution in [0.25, 0.3) is 0 Å². The van der Waals surface area contributed by atoms with Crippen molar-refractivity contribution >= 4 is 33.4 Å². The number of furan rings is 1. The van der Waals surface area contributed by atoms with Crippen molar-refractivity contribution < 1.29 is 14.0 Å². The van der Waals surface area contributed by atoms with Gasteiger partial charge in [0, 0.05) is 36.2 Å². The van der Waals surface area contributed by atoms with Crippen molar-refractivity contribution in [3.63, 3.8) is 0 Å². The first kappa shape index (κ1) is 20.3. The lowest BCUT2D eigenvalue weighted by Crippen LogP contribution is -2.42. The van der Waals surface area contributed by atoms with Gasteiger partial charge in [-0.1, -0.05) is 36.4 Å². The molecule has 4 aromatic rings. The Morgan fingerprint density at radius 1 is 0.938 bits per heavy atom. The fourth-order valence-electron chi connectivity index (χ4n) is 4.11. The van der Waals surface area contributed by atoms with E-state index < -0.39 is 0 Å². The Labute approximate surface area is 193 Å². The van der Waals surface area contributed by atoms with E-state index in [4.69, 9.17) is 4.42 Å². The number of hydrogen-bond acceptors (Lipinski definition) is 3. The summed E-state index contributed by atoms with van der Waals surface area (Å²) >= 11 is 3.20. The first-order valence-electron chi connectivity index (χ1n) is 10.3. The first-order valence-corrected chi connectivity index (χ1v) is 11.1. The minimum absolute atomic E-state index is 0.0804. The molecule has 1 unspecified atom stereocenters. The molecule has 0 saturated heterocycles. The number of fused-ring (bicyclic) bond motifs is 1. The van der Waals surface area contributed by atoms with Gasteiger partial charge in [0.2, 0.25) is 0 Å². The predicted molar refractivity (Wildman–Crippen MR) is 125 cm³/mol. The number of hydrogen-bond donors (Lipinski definition) is 1. The van der Waals surface area contributed by atoms with E-state index in [1.807, 2.05) is 41.3 Å². The molecule has 1 aliphatic heterocycles. The Morgan fingerprint density at radius 3 is 2.56 bits per heavy atom. The summed E-state index contributed by atoms with van der Waals surface area (Å²) in [6, 6.07) is 24.2. The van der Waals surface area contributed by atoms with Crippen molar-refractivity contribution in [2.24, 2.45) is 0 Å². The fourth-order valence-corrected chi connectivity index (χ4v) is 4.42. The molecule has 0 bridgehead atoms. The van der Waals surface area contributed by atoms with E-state index >= 15 is 0 Å². The largest absolute Gasteiger partial charge is 0.444 e. The van der Waals surface area contributed by atoms with Crippen LogP contribution in [-0.2, 0) is 6.54 Å². The molecular weight excluding hydrogens is 470 g/mol. The summed E-state index contributed by atoms with van der Waals surface area (Å²) in [6.45, 7) is 1.33. The monoisotopic (exact) mass is 489 g/mol. The van der Waals surface area contributed by atoms with Gasteiger partial charge in [0.1, 0.15) is 0 Å². The van der Waals surface area contributed by atoms with E-state index in [2.05, 4.69) is 38.1 Å². The highest BCUT2D eigenvalue weighted by Crippen LogP contribution is 2.33. The standard InChI is InChI=1S/C25H20BrN3O3/c26-22-12-11-21(32-22)24(30)27-19-9-4-8-18(16-19)25(31)29-15-14-28-13-5-10-20(28)23(29)17-6-2-1-3-7-17/h1-13,16,23H,14-15H2,(H,27,30). The number of carbonyl (C=O) groups excluding carboxylic acids is 2. The average molecular weight is 490 g/mol. The molecule has 160 valence electrons. The third kappa shape index (κ3) is 3.87. The number of nitrogens with one attached hydrogen (secondary N) is 1. The van der Waals surface area contributed by atoms with Gasteiger partial charge >= 0.3 is 0 Å². The predicted octanol–water partition coefficient (Wildman–Crippen LogP) is 5.34. The topological polar surface area (TPSA) is 67.5 Å². The maximum absolute atomic E-state index is 13.6. The molecule has 5 rings (SSSR count). The van der Waals surface area contributed by atoms with Gasteiger partial charge in [-0.2, -0.15) is 0 Å². The van der Waals surface area contributed by atoms with Gasteiger partial charge in [-0.05, 0) is 64.0 Å². The normalized spacial score (nSPS) is 15.3. The van der Waals surface area contributed by atoms with Crippen molar-refractivity contribution in [3.8, 4) is 0 Å². The van der Waals surface area contributed by atoms with Crippen LogP contribution in [0.4, 0.5) is 5.69 Å². The maximum Gasteiger partial charge on any atom is 0.291 e. The van der Waals surface area contributed by atoms with E-state index in [1.54, 1.807) is 36.4 Å². The molecule has 0 radical (unpaired) electrons. The molecule has 3 heterocycles. The SMILES string of the molecule is O=C(Nc1cccc(C(=O)N2CCn3cccc3C2c2ccccc2)c1)c1ccc(Br)o1. The van der Waals surface area contributed by atoms with Crippen LogP contribution in [0.3, 0.4) is 0 Å². The number of amides is 2. The molecule has 0 aliphatic carbocycles. The molecule has 0 saturated carbocycles. The molecule has 0 spiro atoms. The van der Waals surface area contributed by atoms with Gasteiger partial charge in [-0.15, -0.1) is 0 Å². The van der Waals surface area contributed by atoms with Crippen molar-refractivity contribution in [1.29, 1.82) is 0 Å². The van der Waals surface area contributed by atoms with Gasteiger partial charge in [0.05, 0.1) is 6.04 Å². The average Bonchev–Trinajstić information content (AvgIpc) is 3.47. The number of benzene rings is 2. The summed E-state index contributed by atoms with van der Waals surface area (Å²) in [7, 11) is 0. The fraction of sp³-hybridized carbons (Fsp3) is 0.120. The highest BCUT2D eigenvalue weighted by molar-refractivity contribution is 9.10. The second kappa shape index (κ2) is 8.51. The minimum atomic E-state index is -0.377. The maximum atomic E-state index is 13.6. The molecule has 7 heteroatoms. The van der Waals surface area contributed by atoms with Gasteiger partial charge in [0.25, 0.3) is 11.8 Å². The molecule has 32 heavy (non-hydrogen) atoms. The quantitative estimate of drug-likeness (QED) is 0.420. The van der Waals surface area contributed by atoms with Crippen LogP contribution in [0.15, 0.2) is 94.1 Å². The van der Waals surface area contributed by atoms with Crippen molar-refractivity contribution in [2.45, 2.75) is 12.6 Å². The van der Waals surface area contributed by atoms with Gasteiger partial charge in [-0.3, -0.25) is 9.59 Å². The molecule has 1 aliphatic rings. The smallest absolute Gasteiger partial charge is 0.291 e. The summed E-state index contributed by atoms with van der Waals surface area (Å²) in [5.74, 6) is -0.268. The third-order valence-corrected chi connectivity index (χ3v) is 6.01. The Bertz CT molecular complexity index is 1280. The number of anilines is 1. The second-order valence-electron chi connectivity index (χ2n) is 7.58. The zero-order chi connectivity index (χ0) is 22.1. The molecule has 6 nitrogen and oxygen atoms in total. The lowest BCUT2D eigenvalue weighted by atomic mass is 9.99. The van der Waals surface area contributed by atoms with Crippen LogP contribution in [0.1, 0.15) is 38.2 Å². The van der Waals surface area contributed by atoms with Crippen LogP contribution in [0.2, 0.25) is 0 Å². The molecule has 2 amide bonds. The van der Waals surface area contributed by atoms with E-state index in [1.165, 1.54) is 0 Å². The summed E-state index contributed by atoms with van der Waals surface area (Å²) in [4.78, 5) is 27.9. The third-order valence-electron chi connectivity index (χ3n) is 5.58. The summed E-state index contributed by atoms with van der Waals surface area (Å²) in [6.07, 6.45) is 2.05. The number of carbonyl (C=O) groups is 2. The zero-order valence-electron chi connectivity index (χ0n) is 17.1. The van der Waals surface area contributed by atoms with Crippen LogP contribution < -0.4 is 5.32 Å². The van der Waals surface area contributed by atoms with Crippen LogP contribution in [0.5, 0.6) is 0 Å². The van der Waals surface area contributed by atoms with E-state index in [-0.39, 0.29) is 23.6 Å². The Morgan fingerprint density at radius 2 is 1.78 bits per heavy atom. The van der Waals surface area contributed by atoms with Crippen LogP contribution >= 0.6 is 15.9 Å². The molecule has 1 N–H and O–H groups in total. The number of nitrogens with zero attached hydrogens (tertiary/aromatic N) is 2. The number of aromatic nitrogens is 1. The van der Waals surface area contributed by atoms with E-state index in [9.17, 15) is 9.59 Å². The molecule has 0 fully saturated rings. The molecule has 2 aromatic carbocycles. The Balaban J connectivity index is 1.43. The molecule has 2 aromatic heterocycles. The first-order chi connectivity index (χ1) is 15.6. The van der Waals surface area contributed by atoms with Crippen LogP contribution in [0, 0.1) is 0 Å². The van der Waals surface area contributed by atoms with Gasteiger partial charge in [0.15, 0.2) is 10.4 Å². The van der Waals surface area contributed by atoms with E-state index in [0.29, 0.717) is 22.5 Å². The summed E-state index contributed by atoms with van der Waals surface area (Å²) < 4.78 is 7.98. The summed E-state index contributed by atoms with van der Waals surface area (Å²) in [5, 5.41) is 2.80. The van der Waals surface area contributed by atoms with Crippen molar-refractivity contribution in [1.82, 2.24) is 9.47 Å². The zero-order valence-corrected chi connectivity index (χ0v) is 18.7. The number of halogens is 1. The van der Waals surface area contributed by atoms with Crippen LogP contribution in [-0.4, -0.2) is 27.8 Å². The highest BCUT2D eigenvalue weighted by atomic mass is 79.9. The highest BCUT2D eigenvalue weighted by Gasteiger charge is 2.32. The lowest BCUT2D eigenvalue weighted by Gasteiger charge is -2.37. The molecular formula is C25H20BrN3O3. The van der Waals surface area contributed by atoms with E-state index in [0.717, 1.165) is 17.8 Å². The van der Waals surface area contributed by atoms with Crippen molar-refractivity contribution in [2.75, 3.05) is 11.9 Å². The lowest BCUT2D eigenvalue weighted by molar-refractivity contribution is 0.0664. The minimum Gasteiger partial charge on any atom is -0.444 e. The Hall–Kier alpha value is -3.58. The van der Waals surface area contributed by atoms with Gasteiger partial charge < -0.3 is 19.2 Å². The van der Waals surface area contributed by atoms with Gasteiger partial charge in [-0.25, -0.2) is 0 Å². The Kier molecular flexibility index (Phi) is 5.41. The van der Waals surface area contributed by atoms with Crippen molar-refractivity contribution in [3.05, 3.63) is 112 Å². The summed E-state index contributed by atoms with van der Waals surface area (Å²) in [5.41, 5.74) is 3.20. The molecule has 1 atom stereocenters. The number of rotatable bonds is 4. The second-order valence-corrected chi connectivity index (χ2v) is 8.36.